The lowest BCUT2D eigenvalue weighted by atomic mass is 10.0. The summed E-state index contributed by atoms with van der Waals surface area (Å²) < 4.78 is 22.2. The Hall–Kier alpha value is -3.77. The Bertz CT molecular complexity index is 1580. The van der Waals surface area contributed by atoms with Gasteiger partial charge in [0.05, 0.1) is 23.0 Å². The molecule has 0 saturated heterocycles. The van der Waals surface area contributed by atoms with E-state index in [1.54, 1.807) is 18.3 Å². The number of fused-ring (bicyclic) bond motifs is 1. The Morgan fingerprint density at radius 3 is 2.52 bits per heavy atom. The maximum atomic E-state index is 15.1. The number of aromatic amines is 1. The summed E-state index contributed by atoms with van der Waals surface area (Å²) in [4.78, 5) is 26.0. The van der Waals surface area contributed by atoms with Gasteiger partial charge >= 0.3 is 5.69 Å². The maximum Gasteiger partial charge on any atom is 0.354 e. The molecule has 2 aromatic heterocycles. The average Bonchev–Trinajstić information content (AvgIpc) is 3.38. The summed E-state index contributed by atoms with van der Waals surface area (Å²) in [6, 6.07) is 13.1. The number of nitrogens with zero attached hydrogens (tertiary/aromatic N) is 4. The number of hydrogen-bond acceptors (Lipinski definition) is 6. The summed E-state index contributed by atoms with van der Waals surface area (Å²) in [5, 5.41) is 3.96. The average molecular weight is 627 g/mol. The Labute approximate surface area is 263 Å². The summed E-state index contributed by atoms with van der Waals surface area (Å²) in [6.45, 7) is 3.60. The number of rotatable bonds is 13. The predicted octanol–water partition coefficient (Wildman–Crippen LogP) is 4.46. The van der Waals surface area contributed by atoms with Crippen LogP contribution >= 0.6 is 11.6 Å². The van der Waals surface area contributed by atoms with Crippen molar-refractivity contribution in [3.05, 3.63) is 81.1 Å². The molecule has 0 radical (unpaired) electrons. The lowest BCUT2D eigenvalue weighted by Gasteiger charge is -2.11. The van der Waals surface area contributed by atoms with Gasteiger partial charge in [0, 0.05) is 36.3 Å². The Morgan fingerprint density at radius 1 is 1.16 bits per heavy atom. The van der Waals surface area contributed by atoms with Crippen molar-refractivity contribution in [1.82, 2.24) is 24.8 Å². The molecule has 0 spiro atoms. The fourth-order valence-corrected chi connectivity index (χ4v) is 4.63. The molecule has 6 N–H and O–H groups in total. The van der Waals surface area contributed by atoms with Gasteiger partial charge in [0.25, 0.3) is 0 Å². The zero-order valence-electron chi connectivity index (χ0n) is 26.2. The van der Waals surface area contributed by atoms with E-state index in [-0.39, 0.29) is 11.0 Å². The Morgan fingerprint density at radius 2 is 1.86 bits per heavy atom. The van der Waals surface area contributed by atoms with Gasteiger partial charge in [-0.2, -0.15) is 4.98 Å². The van der Waals surface area contributed by atoms with Crippen molar-refractivity contribution in [2.24, 2.45) is 16.5 Å². The third-order valence-electron chi connectivity index (χ3n) is 6.71. The number of nitrogens with two attached hydrogens (primary N) is 2. The van der Waals surface area contributed by atoms with Crippen molar-refractivity contribution in [1.29, 1.82) is 0 Å². The number of benzene rings is 2. The second-order valence-corrected chi connectivity index (χ2v) is 11.5. The molecule has 2 heterocycles. The molecule has 4 aromatic rings. The molecular weight excluding hydrogens is 583 g/mol. The first-order valence-electron chi connectivity index (χ1n) is 14.6. The molecule has 4 rings (SSSR count). The van der Waals surface area contributed by atoms with E-state index in [0.717, 1.165) is 30.4 Å². The SMILES string of the molecule is CN(C)C.CNC(C)CCCc1cc(Cl)c(F)c(-c2cc3cn(-c4ccc(COCCCN=C(N)N)cc4)c(=O)nc3[nH]2)c1. The molecule has 44 heavy (non-hydrogen) atoms. The predicted molar refractivity (Wildman–Crippen MR) is 178 cm³/mol. The van der Waals surface area contributed by atoms with Gasteiger partial charge in [-0.1, -0.05) is 23.7 Å². The fraction of sp³-hybridized carbons (Fsp3) is 0.406. The molecule has 12 heteroatoms. The number of H-pyrrole nitrogens is 1. The first-order valence-corrected chi connectivity index (χ1v) is 15.0. The molecular formula is C32H44ClFN8O2. The quantitative estimate of drug-likeness (QED) is 0.0976. The van der Waals surface area contributed by atoms with Crippen LogP contribution < -0.4 is 22.5 Å². The van der Waals surface area contributed by atoms with Gasteiger partial charge in [0.1, 0.15) is 5.65 Å². The maximum absolute atomic E-state index is 15.1. The van der Waals surface area contributed by atoms with Crippen LogP contribution in [0.15, 0.2) is 58.4 Å². The van der Waals surface area contributed by atoms with Crippen LogP contribution in [-0.2, 0) is 17.8 Å². The number of aliphatic imine (C=N–C) groups is 1. The fourth-order valence-electron chi connectivity index (χ4n) is 4.38. The molecule has 0 aliphatic rings. The minimum absolute atomic E-state index is 0.0678. The standard InChI is InChI=1S/C29H35ClFN7O2.C3H9N/c1-18(34-2)5-3-6-20-13-23(26(31)24(30)14-20)25-15-21-16-38(29(39)37-27(21)36-25)22-9-7-19(8-10-22)17-40-12-4-11-35-28(32)33;1-4(2)3/h7-10,13-16,18,34H,3-6,11-12,17H2,1-2H3,(H4,32,33,35)(H,36,37,39);1-3H3. The van der Waals surface area contributed by atoms with E-state index >= 15 is 4.39 Å². The first-order chi connectivity index (χ1) is 21.0. The van der Waals surface area contributed by atoms with Crippen molar-refractivity contribution < 1.29 is 9.13 Å². The summed E-state index contributed by atoms with van der Waals surface area (Å²) in [7, 11) is 7.94. The minimum Gasteiger partial charge on any atom is -0.377 e. The topological polar surface area (TPSA) is 140 Å². The van der Waals surface area contributed by atoms with Crippen molar-refractivity contribution >= 4 is 28.6 Å². The van der Waals surface area contributed by atoms with Gasteiger partial charge in [-0.3, -0.25) is 9.56 Å². The largest absolute Gasteiger partial charge is 0.377 e. The summed E-state index contributed by atoms with van der Waals surface area (Å²) in [5.74, 6) is -0.439. The Balaban J connectivity index is 0.00000124. The van der Waals surface area contributed by atoms with Crippen LogP contribution in [0.2, 0.25) is 5.02 Å². The van der Waals surface area contributed by atoms with E-state index in [1.165, 1.54) is 4.57 Å². The van der Waals surface area contributed by atoms with E-state index in [4.69, 9.17) is 27.8 Å². The van der Waals surface area contributed by atoms with Gasteiger partial charge in [-0.15, -0.1) is 0 Å². The molecule has 1 unspecified atom stereocenters. The monoisotopic (exact) mass is 626 g/mol. The van der Waals surface area contributed by atoms with Gasteiger partial charge in [0.15, 0.2) is 11.8 Å². The minimum atomic E-state index is -0.509. The number of halogens is 2. The van der Waals surface area contributed by atoms with Crippen LogP contribution in [0.25, 0.3) is 28.0 Å². The molecule has 0 saturated carbocycles. The van der Waals surface area contributed by atoms with Crippen LogP contribution in [0.5, 0.6) is 0 Å². The van der Waals surface area contributed by atoms with Crippen LogP contribution in [0, 0.1) is 5.82 Å². The van der Waals surface area contributed by atoms with Crippen LogP contribution in [-0.4, -0.2) is 72.8 Å². The zero-order valence-corrected chi connectivity index (χ0v) is 26.9. The number of hydrogen-bond donors (Lipinski definition) is 4. The third-order valence-corrected chi connectivity index (χ3v) is 6.98. The highest BCUT2D eigenvalue weighted by Crippen LogP contribution is 2.31. The number of ether oxygens (including phenoxy) is 1. The highest BCUT2D eigenvalue weighted by atomic mass is 35.5. The molecule has 0 amide bonds. The molecule has 1 atom stereocenters. The van der Waals surface area contributed by atoms with Crippen molar-refractivity contribution in [3.63, 3.8) is 0 Å². The van der Waals surface area contributed by atoms with E-state index in [0.29, 0.717) is 60.2 Å². The van der Waals surface area contributed by atoms with Gasteiger partial charge in [0.2, 0.25) is 0 Å². The smallest absolute Gasteiger partial charge is 0.354 e. The normalized spacial score (nSPS) is 11.8. The summed E-state index contributed by atoms with van der Waals surface area (Å²) in [6.07, 6.45) is 5.13. The molecule has 0 aliphatic carbocycles. The van der Waals surface area contributed by atoms with Crippen LogP contribution in [0.3, 0.4) is 0 Å². The van der Waals surface area contributed by atoms with Crippen molar-refractivity contribution in [2.75, 3.05) is 41.3 Å². The van der Waals surface area contributed by atoms with E-state index in [9.17, 15) is 4.79 Å². The third kappa shape index (κ3) is 10.4. The van der Waals surface area contributed by atoms with Crippen molar-refractivity contribution in [3.8, 4) is 16.9 Å². The van der Waals surface area contributed by atoms with Crippen LogP contribution in [0.1, 0.15) is 37.3 Å². The number of aromatic nitrogens is 3. The molecule has 10 nitrogen and oxygen atoms in total. The second kappa shape index (κ2) is 16.9. The number of nitrogens with one attached hydrogen (secondary N) is 2. The highest BCUT2D eigenvalue weighted by Gasteiger charge is 2.15. The number of aryl methyl sites for hydroxylation is 1. The van der Waals surface area contributed by atoms with E-state index < -0.39 is 11.5 Å². The van der Waals surface area contributed by atoms with Gasteiger partial charge < -0.3 is 31.4 Å². The first kappa shape index (κ1) is 34.7. The Kier molecular flexibility index (Phi) is 13.3. The van der Waals surface area contributed by atoms with E-state index in [1.807, 2.05) is 63.4 Å². The zero-order chi connectivity index (χ0) is 32.2. The lowest BCUT2D eigenvalue weighted by Crippen LogP contribution is -2.23. The number of guanidine groups is 1. The van der Waals surface area contributed by atoms with E-state index in [2.05, 4.69) is 27.2 Å². The molecule has 0 aliphatic heterocycles. The molecule has 0 bridgehead atoms. The van der Waals surface area contributed by atoms with Crippen molar-refractivity contribution in [2.45, 2.75) is 45.3 Å². The second-order valence-electron chi connectivity index (χ2n) is 11.1. The van der Waals surface area contributed by atoms with Crippen LogP contribution in [0.4, 0.5) is 4.39 Å². The molecule has 0 fully saturated rings. The molecule has 238 valence electrons. The summed E-state index contributed by atoms with van der Waals surface area (Å²) in [5.41, 5.74) is 14.0. The molecule has 2 aromatic carbocycles. The lowest BCUT2D eigenvalue weighted by molar-refractivity contribution is 0.120. The highest BCUT2D eigenvalue weighted by molar-refractivity contribution is 6.31. The summed E-state index contributed by atoms with van der Waals surface area (Å²) >= 11 is 6.25. The van der Waals surface area contributed by atoms with Gasteiger partial charge in [-0.05, 0) is 102 Å². The van der Waals surface area contributed by atoms with Gasteiger partial charge in [-0.25, -0.2) is 9.18 Å².